The van der Waals surface area contributed by atoms with Gasteiger partial charge in [0.25, 0.3) is 5.91 Å². The second-order valence-corrected chi connectivity index (χ2v) is 10.5. The molecule has 1 amide bonds. The van der Waals surface area contributed by atoms with Gasteiger partial charge in [0.05, 0.1) is 23.3 Å². The fourth-order valence-electron chi connectivity index (χ4n) is 3.88. The predicted octanol–water partition coefficient (Wildman–Crippen LogP) is 2.92. The van der Waals surface area contributed by atoms with E-state index in [4.69, 9.17) is 5.11 Å². The minimum Gasteiger partial charge on any atom is -0.394 e. The Labute approximate surface area is 185 Å². The fraction of sp³-hybridized carbons (Fsp3) is 0.455. The van der Waals surface area contributed by atoms with Crippen molar-refractivity contribution in [1.29, 1.82) is 0 Å². The van der Waals surface area contributed by atoms with Gasteiger partial charge >= 0.3 is 0 Å². The van der Waals surface area contributed by atoms with Gasteiger partial charge in [-0.15, -0.1) is 0 Å². The first-order chi connectivity index (χ1) is 15.3. The van der Waals surface area contributed by atoms with Crippen molar-refractivity contribution in [2.24, 2.45) is 5.92 Å². The minimum atomic E-state index is -3.37. The molecule has 2 saturated carbocycles. The molecular weight excluding hydrogens is 440 g/mol. The molecular formula is C22H25F2N3O4S. The van der Waals surface area contributed by atoms with Gasteiger partial charge in [-0.05, 0) is 49.3 Å². The van der Waals surface area contributed by atoms with E-state index in [-0.39, 0.29) is 47.5 Å². The monoisotopic (exact) mass is 465 g/mol. The number of hydrogen-bond acceptors (Lipinski definition) is 5. The lowest BCUT2D eigenvalue weighted by Crippen LogP contribution is -2.16. The lowest BCUT2D eigenvalue weighted by molar-refractivity contribution is -0.111. The summed E-state index contributed by atoms with van der Waals surface area (Å²) in [6.45, 7) is 0.167. The van der Waals surface area contributed by atoms with E-state index < -0.39 is 34.0 Å². The molecule has 172 valence electrons. The van der Waals surface area contributed by atoms with Crippen molar-refractivity contribution < 1.29 is 27.1 Å². The third kappa shape index (κ3) is 4.91. The van der Waals surface area contributed by atoms with E-state index in [0.29, 0.717) is 18.4 Å². The molecule has 1 aromatic heterocycles. The zero-order valence-corrected chi connectivity index (χ0v) is 18.1. The van der Waals surface area contributed by atoms with Gasteiger partial charge in [-0.3, -0.25) is 9.48 Å². The number of carbonyl (C=O) groups excluding carboxylic acids is 1. The topological polar surface area (TPSA) is 101 Å². The first-order valence-electron chi connectivity index (χ1n) is 10.6. The molecule has 1 aromatic carbocycles. The highest BCUT2D eigenvalue weighted by Crippen LogP contribution is 2.36. The summed E-state index contributed by atoms with van der Waals surface area (Å²) in [6.07, 6.45) is 1.28. The van der Waals surface area contributed by atoms with Crippen LogP contribution in [-0.4, -0.2) is 53.4 Å². The number of hydrogen-bond donors (Lipinski definition) is 2. The van der Waals surface area contributed by atoms with Gasteiger partial charge in [0.2, 0.25) is 0 Å². The van der Waals surface area contributed by atoms with Crippen molar-refractivity contribution in [3.05, 3.63) is 48.2 Å². The number of nitrogens with zero attached hydrogens (tertiary/aromatic N) is 2. The van der Waals surface area contributed by atoms with Crippen molar-refractivity contribution >= 4 is 27.1 Å². The Morgan fingerprint density at radius 2 is 1.81 bits per heavy atom. The van der Waals surface area contributed by atoms with Gasteiger partial charge in [0.1, 0.15) is 12.3 Å². The first-order valence-corrected chi connectivity index (χ1v) is 12.1. The third-order valence-electron chi connectivity index (χ3n) is 5.76. The largest absolute Gasteiger partial charge is 0.394 e. The van der Waals surface area contributed by atoms with Crippen molar-refractivity contribution in [2.75, 3.05) is 11.9 Å². The second kappa shape index (κ2) is 9.11. The van der Waals surface area contributed by atoms with Crippen molar-refractivity contribution in [3.63, 3.8) is 0 Å². The zero-order chi connectivity index (χ0) is 22.9. The molecule has 7 nitrogen and oxygen atoms in total. The Kier molecular flexibility index (Phi) is 6.43. The number of alkyl halides is 2. The average molecular weight is 466 g/mol. The van der Waals surface area contributed by atoms with Gasteiger partial charge in [0, 0.05) is 17.8 Å². The lowest BCUT2D eigenvalue weighted by atomic mass is 9.98. The van der Waals surface area contributed by atoms with Crippen LogP contribution in [0.1, 0.15) is 31.2 Å². The fourth-order valence-corrected chi connectivity index (χ4v) is 5.54. The first kappa shape index (κ1) is 22.6. The highest BCUT2D eigenvalue weighted by molar-refractivity contribution is 7.92. The van der Waals surface area contributed by atoms with Crippen LogP contribution in [0.2, 0.25) is 0 Å². The summed E-state index contributed by atoms with van der Waals surface area (Å²) in [7, 11) is -3.37. The SMILES string of the molecule is O=C(Nc1ccn(CCO)n1)C(=CC1C[C@@H](F)[C@@H](F)C1)c1ccc(S(=O)(=O)C2CC2)cc1. The second-order valence-electron chi connectivity index (χ2n) is 8.25. The summed E-state index contributed by atoms with van der Waals surface area (Å²) in [5.74, 6) is -0.710. The van der Waals surface area contributed by atoms with Crippen LogP contribution in [0, 0.1) is 5.92 Å². The number of aliphatic hydroxyl groups is 1. The molecule has 1 unspecified atom stereocenters. The van der Waals surface area contributed by atoms with E-state index in [1.54, 1.807) is 30.5 Å². The Hall–Kier alpha value is -2.59. The smallest absolute Gasteiger partial charge is 0.257 e. The zero-order valence-electron chi connectivity index (χ0n) is 17.3. The van der Waals surface area contributed by atoms with Crippen LogP contribution in [0.25, 0.3) is 5.57 Å². The summed E-state index contributed by atoms with van der Waals surface area (Å²) < 4.78 is 53.8. The maximum atomic E-state index is 13.7. The normalized spacial score (nSPS) is 24.0. The highest BCUT2D eigenvalue weighted by atomic mass is 32.2. The number of allylic oxidation sites excluding steroid dienone is 1. The number of amides is 1. The minimum absolute atomic E-state index is 0.0167. The van der Waals surface area contributed by atoms with E-state index in [1.807, 2.05) is 0 Å². The van der Waals surface area contributed by atoms with Crippen LogP contribution in [0.15, 0.2) is 47.5 Å². The number of nitrogens with one attached hydrogen (secondary N) is 1. The average Bonchev–Trinajstić information content (AvgIpc) is 3.47. The standard InChI is InChI=1S/C22H25F2N3O4S/c23-19-12-14(13-20(19)24)11-18(22(29)25-21-7-8-27(26-21)9-10-28)15-1-3-16(4-2-15)32(30,31)17-5-6-17/h1-4,7-8,11,14,17,19-20,28H,5-6,9-10,12-13H2,(H,25,26,29)/t14?,19-,20+. The van der Waals surface area contributed by atoms with Crippen molar-refractivity contribution in [2.45, 2.75) is 54.7 Å². The van der Waals surface area contributed by atoms with Crippen LogP contribution in [0.3, 0.4) is 0 Å². The molecule has 2 aliphatic carbocycles. The number of halogens is 2. The summed E-state index contributed by atoms with van der Waals surface area (Å²) in [4.78, 5) is 13.2. The maximum absolute atomic E-state index is 13.7. The Bertz CT molecular complexity index is 1100. The van der Waals surface area contributed by atoms with Crippen molar-refractivity contribution in [1.82, 2.24) is 9.78 Å². The Morgan fingerprint density at radius 1 is 1.16 bits per heavy atom. The van der Waals surface area contributed by atoms with E-state index >= 15 is 0 Å². The summed E-state index contributed by atoms with van der Waals surface area (Å²) in [5, 5.41) is 15.5. The van der Waals surface area contributed by atoms with Crippen LogP contribution in [0.5, 0.6) is 0 Å². The van der Waals surface area contributed by atoms with Gasteiger partial charge in [-0.25, -0.2) is 17.2 Å². The van der Waals surface area contributed by atoms with Crippen molar-refractivity contribution in [3.8, 4) is 0 Å². The van der Waals surface area contributed by atoms with E-state index in [9.17, 15) is 22.0 Å². The van der Waals surface area contributed by atoms with Crippen LogP contribution < -0.4 is 5.32 Å². The quantitative estimate of drug-likeness (QED) is 0.584. The number of sulfone groups is 1. The molecule has 32 heavy (non-hydrogen) atoms. The van der Waals surface area contributed by atoms with E-state index in [0.717, 1.165) is 0 Å². The summed E-state index contributed by atoms with van der Waals surface area (Å²) in [5.41, 5.74) is 0.646. The molecule has 2 aromatic rings. The van der Waals surface area contributed by atoms with Gasteiger partial charge < -0.3 is 10.4 Å². The van der Waals surface area contributed by atoms with Crippen LogP contribution in [-0.2, 0) is 21.2 Å². The number of carbonyl (C=O) groups is 1. The third-order valence-corrected chi connectivity index (χ3v) is 8.04. The van der Waals surface area contributed by atoms with E-state index in [2.05, 4.69) is 10.4 Å². The number of rotatable bonds is 8. The molecule has 2 N–H and O–H groups in total. The van der Waals surface area contributed by atoms with Gasteiger partial charge in [0.15, 0.2) is 15.7 Å². The van der Waals surface area contributed by atoms with Crippen LogP contribution in [0.4, 0.5) is 14.6 Å². The predicted molar refractivity (Wildman–Crippen MR) is 115 cm³/mol. The number of anilines is 1. The molecule has 2 aliphatic rings. The molecule has 0 aliphatic heterocycles. The molecule has 2 fully saturated rings. The number of aliphatic hydroxyl groups excluding tert-OH is 1. The molecule has 0 bridgehead atoms. The Morgan fingerprint density at radius 3 is 2.41 bits per heavy atom. The molecule has 0 saturated heterocycles. The molecule has 4 rings (SSSR count). The highest BCUT2D eigenvalue weighted by Gasteiger charge is 2.37. The van der Waals surface area contributed by atoms with Gasteiger partial charge in [-0.2, -0.15) is 5.10 Å². The molecule has 1 heterocycles. The Balaban J connectivity index is 1.60. The molecule has 0 spiro atoms. The molecule has 3 atom stereocenters. The molecule has 0 radical (unpaired) electrons. The van der Waals surface area contributed by atoms with Crippen LogP contribution >= 0.6 is 0 Å². The summed E-state index contributed by atoms with van der Waals surface area (Å²) in [6, 6.07) is 7.58. The number of benzene rings is 1. The maximum Gasteiger partial charge on any atom is 0.257 e. The summed E-state index contributed by atoms with van der Waals surface area (Å²) >= 11 is 0. The molecule has 10 heteroatoms. The number of aromatic nitrogens is 2. The van der Waals surface area contributed by atoms with E-state index in [1.165, 1.54) is 16.8 Å². The van der Waals surface area contributed by atoms with Gasteiger partial charge in [-0.1, -0.05) is 18.2 Å². The lowest BCUT2D eigenvalue weighted by Gasteiger charge is -2.12.